The van der Waals surface area contributed by atoms with Crippen LogP contribution in [0.15, 0.2) is 12.1 Å². The Morgan fingerprint density at radius 1 is 1.20 bits per heavy atom. The Morgan fingerprint density at radius 3 is 2.20 bits per heavy atom. The highest BCUT2D eigenvalue weighted by Gasteiger charge is 2.16. The van der Waals surface area contributed by atoms with Crippen molar-refractivity contribution in [3.05, 3.63) is 27.7 Å². The van der Waals surface area contributed by atoms with Gasteiger partial charge in [0.1, 0.15) is 0 Å². The predicted octanol–water partition coefficient (Wildman–Crippen LogP) is 4.21. The van der Waals surface area contributed by atoms with Crippen molar-refractivity contribution >= 4 is 28.9 Å². The highest BCUT2D eigenvalue weighted by atomic mass is 35.5. The lowest BCUT2D eigenvalue weighted by molar-refractivity contribution is 0.110. The van der Waals surface area contributed by atoms with E-state index >= 15 is 0 Å². The van der Waals surface area contributed by atoms with Gasteiger partial charge in [-0.3, -0.25) is 4.90 Å². The number of hydrogen-bond acceptors (Lipinski definition) is 3. The summed E-state index contributed by atoms with van der Waals surface area (Å²) in [6.45, 7) is 6.82. The Bertz CT molecular complexity index is 399. The first-order chi connectivity index (χ1) is 9.53. The molecule has 0 amide bonds. The summed E-state index contributed by atoms with van der Waals surface area (Å²) < 4.78 is 5.20. The van der Waals surface area contributed by atoms with Gasteiger partial charge in [0.25, 0.3) is 0 Å². The first kappa shape index (κ1) is 17.6. The van der Waals surface area contributed by atoms with E-state index in [2.05, 4.69) is 18.7 Å². The van der Waals surface area contributed by atoms with Crippen LogP contribution in [-0.4, -0.2) is 31.2 Å². The van der Waals surface area contributed by atoms with Crippen LogP contribution in [0.5, 0.6) is 0 Å². The highest BCUT2D eigenvalue weighted by Crippen LogP contribution is 2.29. The molecule has 0 heterocycles. The van der Waals surface area contributed by atoms with E-state index in [4.69, 9.17) is 33.7 Å². The zero-order chi connectivity index (χ0) is 15.1. The first-order valence-electron chi connectivity index (χ1n) is 6.99. The number of hydrogen-bond donors (Lipinski definition) is 1. The topological polar surface area (TPSA) is 38.5 Å². The molecule has 2 N–H and O–H groups in total. The van der Waals surface area contributed by atoms with Crippen LogP contribution in [0.4, 0.5) is 5.69 Å². The van der Waals surface area contributed by atoms with Crippen LogP contribution in [0.3, 0.4) is 0 Å². The summed E-state index contributed by atoms with van der Waals surface area (Å²) in [5.74, 6) is 0. The van der Waals surface area contributed by atoms with Crippen LogP contribution in [0.2, 0.25) is 10.0 Å². The third kappa shape index (κ3) is 4.81. The Morgan fingerprint density at radius 2 is 1.75 bits per heavy atom. The van der Waals surface area contributed by atoms with E-state index in [1.807, 2.05) is 12.1 Å². The second-order valence-electron chi connectivity index (χ2n) is 4.91. The number of halogens is 2. The smallest absolute Gasteiger partial charge is 0.0693 e. The van der Waals surface area contributed by atoms with Crippen molar-refractivity contribution in [3.8, 4) is 0 Å². The monoisotopic (exact) mass is 318 g/mol. The molecule has 0 aliphatic rings. The van der Waals surface area contributed by atoms with Crippen molar-refractivity contribution in [1.29, 1.82) is 0 Å². The van der Waals surface area contributed by atoms with E-state index < -0.39 is 0 Å². The molecule has 0 atom stereocenters. The molecule has 0 radical (unpaired) electrons. The molecule has 0 saturated heterocycles. The van der Waals surface area contributed by atoms with Crippen molar-refractivity contribution in [2.24, 2.45) is 0 Å². The third-order valence-corrected chi connectivity index (χ3v) is 4.19. The van der Waals surface area contributed by atoms with Crippen LogP contribution in [0.1, 0.15) is 32.3 Å². The number of nitrogens with zero attached hydrogens (tertiary/aromatic N) is 1. The van der Waals surface area contributed by atoms with E-state index in [1.165, 1.54) is 0 Å². The summed E-state index contributed by atoms with van der Waals surface area (Å²) in [6.07, 6.45) is 2.22. The zero-order valence-corrected chi connectivity index (χ0v) is 14.0. The Hall–Kier alpha value is -0.480. The van der Waals surface area contributed by atoms with Gasteiger partial charge in [-0.25, -0.2) is 0 Å². The van der Waals surface area contributed by atoms with Gasteiger partial charge in [0.05, 0.1) is 22.3 Å². The molecule has 0 unspecified atom stereocenters. The van der Waals surface area contributed by atoms with Crippen LogP contribution < -0.4 is 5.73 Å². The normalized spacial score (nSPS) is 11.6. The standard InChI is InChI=1S/C15H24Cl2N2O/c1-4-12(5-2)19(6-7-20-3)10-11-8-13(16)15(18)14(17)9-11/h8-9,12H,4-7,10,18H2,1-3H3. The van der Waals surface area contributed by atoms with E-state index in [9.17, 15) is 0 Å². The van der Waals surface area contributed by atoms with Crippen LogP contribution >= 0.6 is 23.2 Å². The molecule has 1 rings (SSSR count). The molecule has 1 aromatic carbocycles. The average Bonchev–Trinajstić information content (AvgIpc) is 2.43. The zero-order valence-electron chi connectivity index (χ0n) is 12.5. The molecule has 20 heavy (non-hydrogen) atoms. The van der Waals surface area contributed by atoms with Crippen LogP contribution in [0.25, 0.3) is 0 Å². The van der Waals surface area contributed by atoms with Crippen molar-refractivity contribution in [2.45, 2.75) is 39.3 Å². The largest absolute Gasteiger partial charge is 0.396 e. The van der Waals surface area contributed by atoms with E-state index in [0.29, 0.717) is 28.4 Å². The number of rotatable bonds is 8. The van der Waals surface area contributed by atoms with Gasteiger partial charge in [-0.1, -0.05) is 37.0 Å². The molecule has 0 bridgehead atoms. The number of methoxy groups -OCH3 is 1. The summed E-state index contributed by atoms with van der Waals surface area (Å²) in [5, 5.41) is 1.03. The second kappa shape index (κ2) is 8.73. The number of ether oxygens (including phenoxy) is 1. The van der Waals surface area contributed by atoms with Crippen LogP contribution in [-0.2, 0) is 11.3 Å². The summed E-state index contributed by atoms with van der Waals surface area (Å²) in [4.78, 5) is 2.40. The summed E-state index contributed by atoms with van der Waals surface area (Å²) >= 11 is 12.2. The van der Waals surface area contributed by atoms with Gasteiger partial charge in [-0.2, -0.15) is 0 Å². The second-order valence-corrected chi connectivity index (χ2v) is 5.72. The van der Waals surface area contributed by atoms with Crippen molar-refractivity contribution < 1.29 is 4.74 Å². The fraction of sp³-hybridized carbons (Fsp3) is 0.600. The SMILES string of the molecule is CCC(CC)N(CCOC)Cc1cc(Cl)c(N)c(Cl)c1. The minimum absolute atomic E-state index is 0.447. The van der Waals surface area contributed by atoms with Gasteiger partial charge < -0.3 is 10.5 Å². The van der Waals surface area contributed by atoms with Crippen molar-refractivity contribution in [1.82, 2.24) is 4.90 Å². The number of anilines is 1. The lowest BCUT2D eigenvalue weighted by Gasteiger charge is -2.30. The maximum Gasteiger partial charge on any atom is 0.0693 e. The summed E-state index contributed by atoms with van der Waals surface area (Å²) in [5.41, 5.74) is 7.30. The average molecular weight is 319 g/mol. The first-order valence-corrected chi connectivity index (χ1v) is 7.75. The van der Waals surface area contributed by atoms with E-state index in [0.717, 1.165) is 31.5 Å². The molecule has 0 fully saturated rings. The Balaban J connectivity index is 2.88. The molecule has 0 aliphatic carbocycles. The number of nitrogens with two attached hydrogens (primary N) is 1. The van der Waals surface area contributed by atoms with Crippen LogP contribution in [0, 0.1) is 0 Å². The molecular formula is C15H24Cl2N2O. The molecule has 114 valence electrons. The third-order valence-electron chi connectivity index (χ3n) is 3.57. The van der Waals surface area contributed by atoms with E-state index in [1.54, 1.807) is 7.11 Å². The van der Waals surface area contributed by atoms with Crippen molar-refractivity contribution in [2.75, 3.05) is 26.0 Å². The Kier molecular flexibility index (Phi) is 7.67. The Labute approximate surface area is 132 Å². The van der Waals surface area contributed by atoms with E-state index in [-0.39, 0.29) is 0 Å². The minimum Gasteiger partial charge on any atom is -0.396 e. The van der Waals surface area contributed by atoms with Gasteiger partial charge in [-0.05, 0) is 30.5 Å². The van der Waals surface area contributed by atoms with Gasteiger partial charge >= 0.3 is 0 Å². The highest BCUT2D eigenvalue weighted by molar-refractivity contribution is 6.38. The summed E-state index contributed by atoms with van der Waals surface area (Å²) in [7, 11) is 1.72. The predicted molar refractivity (Wildman–Crippen MR) is 87.5 cm³/mol. The van der Waals surface area contributed by atoms with Crippen molar-refractivity contribution in [3.63, 3.8) is 0 Å². The molecule has 0 saturated carbocycles. The molecule has 5 heteroatoms. The fourth-order valence-electron chi connectivity index (χ4n) is 2.37. The maximum atomic E-state index is 6.10. The molecule has 0 aromatic heterocycles. The fourth-order valence-corrected chi connectivity index (χ4v) is 2.90. The minimum atomic E-state index is 0.447. The maximum absolute atomic E-state index is 6.10. The molecule has 3 nitrogen and oxygen atoms in total. The molecule has 1 aromatic rings. The van der Waals surface area contributed by atoms with Gasteiger partial charge in [0, 0.05) is 26.2 Å². The molecule has 0 spiro atoms. The lowest BCUT2D eigenvalue weighted by Crippen LogP contribution is -2.36. The quantitative estimate of drug-likeness (QED) is 0.729. The summed E-state index contributed by atoms with van der Waals surface area (Å²) in [6, 6.07) is 4.32. The number of nitrogen functional groups attached to an aromatic ring is 1. The number of benzene rings is 1. The molecule has 0 aliphatic heterocycles. The lowest BCUT2D eigenvalue weighted by atomic mass is 10.1. The van der Waals surface area contributed by atoms with Gasteiger partial charge in [-0.15, -0.1) is 0 Å². The molecular weight excluding hydrogens is 295 g/mol. The van der Waals surface area contributed by atoms with Gasteiger partial charge in [0.15, 0.2) is 0 Å². The van der Waals surface area contributed by atoms with Gasteiger partial charge in [0.2, 0.25) is 0 Å².